The normalized spacial score (nSPS) is 12.4. The van der Waals surface area contributed by atoms with E-state index in [1.807, 2.05) is 42.5 Å². The van der Waals surface area contributed by atoms with Crippen LogP contribution < -0.4 is 0 Å². The van der Waals surface area contributed by atoms with Gasteiger partial charge in [0, 0.05) is 10.6 Å². The van der Waals surface area contributed by atoms with Crippen LogP contribution in [-0.2, 0) is 5.75 Å². The van der Waals surface area contributed by atoms with Crippen molar-refractivity contribution in [3.63, 3.8) is 0 Å². The van der Waals surface area contributed by atoms with E-state index in [0.717, 1.165) is 16.2 Å². The number of alkyl halides is 1. The summed E-state index contributed by atoms with van der Waals surface area (Å²) in [5.74, 6) is 0.922. The lowest BCUT2D eigenvalue weighted by molar-refractivity contribution is 0.373. The molecule has 88 valence electrons. The minimum absolute atomic E-state index is 0.753. The summed E-state index contributed by atoms with van der Waals surface area (Å²) in [6.45, 7) is 1.57. The van der Waals surface area contributed by atoms with E-state index < -0.39 is 6.17 Å². The fourth-order valence-electron chi connectivity index (χ4n) is 1.59. The zero-order valence-electron chi connectivity index (χ0n) is 9.77. The Morgan fingerprint density at radius 3 is 2.53 bits per heavy atom. The third-order valence-electron chi connectivity index (χ3n) is 2.57. The van der Waals surface area contributed by atoms with Crippen molar-refractivity contribution in [3.05, 3.63) is 65.7 Å². The van der Waals surface area contributed by atoms with E-state index in [9.17, 15) is 4.39 Å². The molecule has 1 atom stereocenters. The third kappa shape index (κ3) is 3.60. The topological polar surface area (TPSA) is 0 Å². The van der Waals surface area contributed by atoms with Crippen LogP contribution in [0.15, 0.2) is 59.5 Å². The predicted molar refractivity (Wildman–Crippen MR) is 72.0 cm³/mol. The number of hydrogen-bond acceptors (Lipinski definition) is 1. The number of thioether (sulfide) groups is 1. The highest BCUT2D eigenvalue weighted by atomic mass is 32.2. The van der Waals surface area contributed by atoms with Gasteiger partial charge in [-0.05, 0) is 30.2 Å². The van der Waals surface area contributed by atoms with Crippen LogP contribution in [0.5, 0.6) is 0 Å². The van der Waals surface area contributed by atoms with Crippen molar-refractivity contribution in [1.29, 1.82) is 0 Å². The molecular formula is C15H15FS. The van der Waals surface area contributed by atoms with E-state index >= 15 is 0 Å². The van der Waals surface area contributed by atoms with Gasteiger partial charge in [-0.15, -0.1) is 11.8 Å². The molecule has 0 radical (unpaired) electrons. The van der Waals surface area contributed by atoms with Crippen LogP contribution in [0.4, 0.5) is 4.39 Å². The van der Waals surface area contributed by atoms with Crippen LogP contribution in [-0.4, -0.2) is 0 Å². The number of benzene rings is 2. The maximum Gasteiger partial charge on any atom is 0.122 e. The summed E-state index contributed by atoms with van der Waals surface area (Å²) in [4.78, 5) is 1.12. The van der Waals surface area contributed by atoms with Crippen LogP contribution in [0.3, 0.4) is 0 Å². The number of halogens is 1. The van der Waals surface area contributed by atoms with Gasteiger partial charge in [-0.3, -0.25) is 0 Å². The monoisotopic (exact) mass is 246 g/mol. The van der Waals surface area contributed by atoms with Crippen molar-refractivity contribution in [2.45, 2.75) is 23.7 Å². The van der Waals surface area contributed by atoms with Crippen LogP contribution in [0.25, 0.3) is 0 Å². The zero-order valence-corrected chi connectivity index (χ0v) is 10.6. The maximum absolute atomic E-state index is 13.2. The first-order valence-electron chi connectivity index (χ1n) is 5.66. The molecule has 0 fully saturated rings. The SMILES string of the molecule is CC(F)c1cccc(SCc2ccccc2)c1. The van der Waals surface area contributed by atoms with E-state index in [1.54, 1.807) is 18.7 Å². The van der Waals surface area contributed by atoms with E-state index in [2.05, 4.69) is 12.1 Å². The van der Waals surface area contributed by atoms with Gasteiger partial charge in [0.2, 0.25) is 0 Å². The molecule has 17 heavy (non-hydrogen) atoms. The van der Waals surface area contributed by atoms with Gasteiger partial charge in [0.25, 0.3) is 0 Å². The maximum atomic E-state index is 13.2. The predicted octanol–water partition coefficient (Wildman–Crippen LogP) is 5.01. The zero-order chi connectivity index (χ0) is 12.1. The molecule has 0 aromatic heterocycles. The van der Waals surface area contributed by atoms with Crippen molar-refractivity contribution >= 4 is 11.8 Å². The molecule has 2 heteroatoms. The highest BCUT2D eigenvalue weighted by Crippen LogP contribution is 2.26. The van der Waals surface area contributed by atoms with Crippen molar-refractivity contribution in [1.82, 2.24) is 0 Å². The van der Waals surface area contributed by atoms with Gasteiger partial charge in [0.05, 0.1) is 0 Å². The molecule has 0 spiro atoms. The Morgan fingerprint density at radius 1 is 1.06 bits per heavy atom. The molecular weight excluding hydrogens is 231 g/mol. The summed E-state index contributed by atoms with van der Waals surface area (Å²) in [7, 11) is 0. The van der Waals surface area contributed by atoms with Crippen LogP contribution in [0, 0.1) is 0 Å². The average molecular weight is 246 g/mol. The van der Waals surface area contributed by atoms with Crippen molar-refractivity contribution in [3.8, 4) is 0 Å². The van der Waals surface area contributed by atoms with Gasteiger partial charge in [0.15, 0.2) is 0 Å². The molecule has 0 bridgehead atoms. The Bertz CT molecular complexity index is 465. The van der Waals surface area contributed by atoms with Gasteiger partial charge in [-0.1, -0.05) is 42.5 Å². The summed E-state index contributed by atoms with van der Waals surface area (Å²) in [6.07, 6.45) is -0.896. The summed E-state index contributed by atoms with van der Waals surface area (Å²) < 4.78 is 13.2. The fraction of sp³-hybridized carbons (Fsp3) is 0.200. The molecule has 2 aromatic rings. The minimum Gasteiger partial charge on any atom is -0.243 e. The molecule has 2 aromatic carbocycles. The molecule has 0 aliphatic heterocycles. The molecule has 1 unspecified atom stereocenters. The van der Waals surface area contributed by atoms with E-state index in [4.69, 9.17) is 0 Å². The molecule has 0 N–H and O–H groups in total. The average Bonchev–Trinajstić information content (AvgIpc) is 2.38. The number of hydrogen-bond donors (Lipinski definition) is 0. The Morgan fingerprint density at radius 2 is 1.82 bits per heavy atom. The van der Waals surface area contributed by atoms with Crippen molar-refractivity contribution < 1.29 is 4.39 Å². The third-order valence-corrected chi connectivity index (χ3v) is 3.63. The summed E-state index contributed by atoms with van der Waals surface area (Å²) in [5.41, 5.74) is 2.04. The Hall–Kier alpha value is -1.28. The van der Waals surface area contributed by atoms with Crippen LogP contribution in [0.1, 0.15) is 24.2 Å². The fourth-order valence-corrected chi connectivity index (χ4v) is 2.51. The van der Waals surface area contributed by atoms with Gasteiger partial charge in [0.1, 0.15) is 6.17 Å². The van der Waals surface area contributed by atoms with Crippen molar-refractivity contribution in [2.24, 2.45) is 0 Å². The molecule has 0 nitrogen and oxygen atoms in total. The van der Waals surface area contributed by atoms with Crippen LogP contribution in [0.2, 0.25) is 0 Å². The van der Waals surface area contributed by atoms with Gasteiger partial charge < -0.3 is 0 Å². The highest BCUT2D eigenvalue weighted by Gasteiger charge is 2.03. The van der Waals surface area contributed by atoms with Gasteiger partial charge >= 0.3 is 0 Å². The first-order chi connectivity index (χ1) is 8.25. The van der Waals surface area contributed by atoms with E-state index in [1.165, 1.54) is 5.56 Å². The van der Waals surface area contributed by atoms with E-state index in [0.29, 0.717) is 0 Å². The molecule has 0 heterocycles. The second-order valence-electron chi connectivity index (χ2n) is 3.96. The number of rotatable bonds is 4. The second-order valence-corrected chi connectivity index (χ2v) is 5.01. The Kier molecular flexibility index (Phi) is 4.21. The molecule has 0 aliphatic carbocycles. The Labute approximate surface area is 106 Å². The smallest absolute Gasteiger partial charge is 0.122 e. The largest absolute Gasteiger partial charge is 0.243 e. The summed E-state index contributed by atoms with van der Waals surface area (Å²) >= 11 is 1.74. The molecule has 2 rings (SSSR count). The summed E-state index contributed by atoms with van der Waals surface area (Å²) in [6, 6.07) is 18.0. The highest BCUT2D eigenvalue weighted by molar-refractivity contribution is 7.98. The van der Waals surface area contributed by atoms with Crippen LogP contribution >= 0.6 is 11.8 Å². The molecule has 0 amide bonds. The lowest BCUT2D eigenvalue weighted by Gasteiger charge is -2.06. The quantitative estimate of drug-likeness (QED) is 0.683. The van der Waals surface area contributed by atoms with Gasteiger partial charge in [-0.25, -0.2) is 4.39 Å². The van der Waals surface area contributed by atoms with Crippen molar-refractivity contribution in [2.75, 3.05) is 0 Å². The second kappa shape index (κ2) is 5.87. The van der Waals surface area contributed by atoms with Gasteiger partial charge in [-0.2, -0.15) is 0 Å². The first-order valence-corrected chi connectivity index (χ1v) is 6.65. The molecule has 0 saturated heterocycles. The Balaban J connectivity index is 2.02. The minimum atomic E-state index is -0.896. The lowest BCUT2D eigenvalue weighted by Crippen LogP contribution is -1.86. The molecule has 0 saturated carbocycles. The lowest BCUT2D eigenvalue weighted by atomic mass is 10.1. The standard InChI is InChI=1S/C15H15FS/c1-12(16)14-8-5-9-15(10-14)17-11-13-6-3-2-4-7-13/h2-10,12H,11H2,1H3. The van der Waals surface area contributed by atoms with E-state index in [-0.39, 0.29) is 0 Å². The first kappa shape index (κ1) is 12.2. The molecule has 0 aliphatic rings. The summed E-state index contributed by atoms with van der Waals surface area (Å²) in [5, 5.41) is 0.